The topological polar surface area (TPSA) is 88.2 Å². The first-order valence-corrected chi connectivity index (χ1v) is 8.00. The van der Waals surface area contributed by atoms with E-state index in [-0.39, 0.29) is 10.8 Å². The van der Waals surface area contributed by atoms with Crippen LogP contribution in [0.2, 0.25) is 0 Å². The number of hydrogen-bond donors (Lipinski definition) is 2. The Kier molecular flexibility index (Phi) is 3.51. The maximum absolute atomic E-state index is 12.1. The average Bonchev–Trinajstić information content (AvgIpc) is 2.83. The maximum atomic E-state index is 12.1. The highest BCUT2D eigenvalue weighted by Crippen LogP contribution is 2.34. The summed E-state index contributed by atoms with van der Waals surface area (Å²) in [7, 11) is -2.21. The predicted molar refractivity (Wildman–Crippen MR) is 83.4 cm³/mol. The number of fused-ring (bicyclic) bond motifs is 1. The molecule has 0 bridgehead atoms. The molecule has 1 aliphatic rings. The lowest BCUT2D eigenvalue weighted by Gasteiger charge is -2.05. The molecular weight excluding hydrogens is 302 g/mol. The molecular formula is C15H13N3O3S. The largest absolute Gasteiger partial charge is 0.321 e. The normalized spacial score (nSPS) is 15.7. The molecule has 1 aromatic carbocycles. The summed E-state index contributed by atoms with van der Waals surface area (Å²) in [6.45, 7) is 0. The van der Waals surface area contributed by atoms with Crippen molar-refractivity contribution < 1.29 is 13.2 Å². The van der Waals surface area contributed by atoms with Crippen LogP contribution in [0, 0.1) is 0 Å². The number of amides is 1. The lowest BCUT2D eigenvalue weighted by atomic mass is 10.0. The van der Waals surface area contributed by atoms with E-state index in [2.05, 4.69) is 15.0 Å². The smallest absolute Gasteiger partial charge is 0.256 e. The van der Waals surface area contributed by atoms with Crippen LogP contribution in [0.3, 0.4) is 0 Å². The summed E-state index contributed by atoms with van der Waals surface area (Å²) in [6, 6.07) is 8.08. The number of aromatic nitrogens is 1. The molecule has 22 heavy (non-hydrogen) atoms. The van der Waals surface area contributed by atoms with Crippen molar-refractivity contribution in [3.05, 3.63) is 53.9 Å². The minimum absolute atomic E-state index is 0.117. The van der Waals surface area contributed by atoms with Crippen LogP contribution in [0.5, 0.6) is 0 Å². The first-order chi connectivity index (χ1) is 10.5. The van der Waals surface area contributed by atoms with E-state index >= 15 is 0 Å². The van der Waals surface area contributed by atoms with Gasteiger partial charge in [0.15, 0.2) is 0 Å². The molecule has 1 amide bonds. The fourth-order valence-electron chi connectivity index (χ4n) is 2.22. The van der Waals surface area contributed by atoms with E-state index in [1.807, 2.05) is 0 Å². The van der Waals surface area contributed by atoms with E-state index in [9.17, 15) is 13.2 Å². The van der Waals surface area contributed by atoms with E-state index in [1.54, 1.807) is 36.7 Å². The van der Waals surface area contributed by atoms with Crippen molar-refractivity contribution in [2.45, 2.75) is 4.90 Å². The number of hydrogen-bond acceptors (Lipinski definition) is 4. The summed E-state index contributed by atoms with van der Waals surface area (Å²) in [4.78, 5) is 16.1. The first-order valence-electron chi connectivity index (χ1n) is 6.52. The molecule has 0 unspecified atom stereocenters. The number of nitrogens with one attached hydrogen (secondary N) is 2. The van der Waals surface area contributed by atoms with Crippen LogP contribution in [0.15, 0.2) is 47.6 Å². The summed E-state index contributed by atoms with van der Waals surface area (Å²) >= 11 is 0. The number of carbonyl (C=O) groups is 1. The van der Waals surface area contributed by atoms with E-state index in [0.717, 1.165) is 5.56 Å². The summed E-state index contributed by atoms with van der Waals surface area (Å²) in [5, 5.41) is 2.73. The molecule has 1 aromatic heterocycles. The number of anilines is 1. The number of pyridine rings is 1. The van der Waals surface area contributed by atoms with Crippen molar-refractivity contribution in [2.24, 2.45) is 0 Å². The fraction of sp³-hybridized carbons (Fsp3) is 0.0667. The molecule has 2 aromatic rings. The molecule has 0 fully saturated rings. The average molecular weight is 315 g/mol. The Morgan fingerprint density at radius 3 is 2.59 bits per heavy atom. The monoisotopic (exact) mass is 315 g/mol. The van der Waals surface area contributed by atoms with Crippen LogP contribution in [0.1, 0.15) is 11.1 Å². The van der Waals surface area contributed by atoms with Gasteiger partial charge in [0, 0.05) is 29.2 Å². The van der Waals surface area contributed by atoms with Crippen LogP contribution < -0.4 is 10.0 Å². The molecule has 2 N–H and O–H groups in total. The molecule has 0 radical (unpaired) electrons. The van der Waals surface area contributed by atoms with E-state index in [4.69, 9.17) is 0 Å². The number of sulfonamides is 1. The van der Waals surface area contributed by atoms with Gasteiger partial charge in [0.05, 0.1) is 4.90 Å². The Balaban J connectivity index is 2.13. The second-order valence-corrected chi connectivity index (χ2v) is 6.59. The summed E-state index contributed by atoms with van der Waals surface area (Å²) in [5.74, 6) is -0.259. The van der Waals surface area contributed by atoms with Gasteiger partial charge in [0.1, 0.15) is 0 Å². The Morgan fingerprint density at radius 1 is 1.18 bits per heavy atom. The van der Waals surface area contributed by atoms with Crippen molar-refractivity contribution in [2.75, 3.05) is 12.4 Å². The standard InChI is InChI=1S/C15H13N3O3S/c1-16-22(20,21)11-2-3-14-12(9-11)13(15(19)18-14)8-10-4-6-17-7-5-10/h2-9,16H,1H3,(H,18,19). The zero-order valence-electron chi connectivity index (χ0n) is 11.7. The third-order valence-corrected chi connectivity index (χ3v) is 4.78. The lowest BCUT2D eigenvalue weighted by Crippen LogP contribution is -2.18. The van der Waals surface area contributed by atoms with Crippen LogP contribution >= 0.6 is 0 Å². The molecule has 112 valence electrons. The Hall–Kier alpha value is -2.51. The van der Waals surface area contributed by atoms with E-state index in [1.165, 1.54) is 19.2 Å². The van der Waals surface area contributed by atoms with Gasteiger partial charge in [-0.05, 0) is 49.0 Å². The third-order valence-electron chi connectivity index (χ3n) is 3.37. The van der Waals surface area contributed by atoms with Crippen molar-refractivity contribution in [1.29, 1.82) is 0 Å². The third kappa shape index (κ3) is 2.51. The molecule has 0 spiro atoms. The second-order valence-electron chi connectivity index (χ2n) is 4.71. The summed E-state index contributed by atoms with van der Waals surface area (Å²) < 4.78 is 26.1. The van der Waals surface area contributed by atoms with Gasteiger partial charge < -0.3 is 5.32 Å². The van der Waals surface area contributed by atoms with Gasteiger partial charge in [0.2, 0.25) is 10.0 Å². The summed E-state index contributed by atoms with van der Waals surface area (Å²) in [6.07, 6.45) is 4.96. The molecule has 3 rings (SSSR count). The Morgan fingerprint density at radius 2 is 1.91 bits per heavy atom. The maximum Gasteiger partial charge on any atom is 0.256 e. The van der Waals surface area contributed by atoms with Gasteiger partial charge in [-0.2, -0.15) is 0 Å². The second kappa shape index (κ2) is 5.36. The van der Waals surface area contributed by atoms with Crippen molar-refractivity contribution >= 4 is 33.3 Å². The number of benzene rings is 1. The van der Waals surface area contributed by atoms with Crippen LogP contribution in [0.4, 0.5) is 5.69 Å². The van der Waals surface area contributed by atoms with Crippen LogP contribution in [0.25, 0.3) is 11.6 Å². The summed E-state index contributed by atoms with van der Waals surface area (Å²) in [5.41, 5.74) is 2.41. The van der Waals surface area contributed by atoms with Crippen molar-refractivity contribution in [1.82, 2.24) is 9.71 Å². The van der Waals surface area contributed by atoms with Crippen molar-refractivity contribution in [3.63, 3.8) is 0 Å². The Labute approximate surface area is 127 Å². The molecule has 0 saturated carbocycles. The highest BCUT2D eigenvalue weighted by molar-refractivity contribution is 7.89. The van der Waals surface area contributed by atoms with Gasteiger partial charge in [-0.25, -0.2) is 13.1 Å². The number of rotatable bonds is 3. The molecule has 0 aliphatic carbocycles. The minimum Gasteiger partial charge on any atom is -0.321 e. The van der Waals surface area contributed by atoms with Gasteiger partial charge in [0.25, 0.3) is 5.91 Å². The molecule has 1 aliphatic heterocycles. The van der Waals surface area contributed by atoms with E-state index in [0.29, 0.717) is 16.8 Å². The number of nitrogens with zero attached hydrogens (tertiary/aromatic N) is 1. The Bertz CT molecular complexity index is 874. The highest BCUT2D eigenvalue weighted by atomic mass is 32.2. The molecule has 7 heteroatoms. The van der Waals surface area contributed by atoms with Gasteiger partial charge >= 0.3 is 0 Å². The molecule has 6 nitrogen and oxygen atoms in total. The first kappa shape index (κ1) is 14.4. The highest BCUT2D eigenvalue weighted by Gasteiger charge is 2.26. The SMILES string of the molecule is CNS(=O)(=O)c1ccc2c(c1)C(=Cc1ccncc1)C(=O)N2. The zero-order chi connectivity index (χ0) is 15.7. The number of carbonyl (C=O) groups excluding carboxylic acids is 1. The van der Waals surface area contributed by atoms with Gasteiger partial charge in [-0.3, -0.25) is 9.78 Å². The van der Waals surface area contributed by atoms with Gasteiger partial charge in [-0.1, -0.05) is 0 Å². The lowest BCUT2D eigenvalue weighted by molar-refractivity contribution is -0.110. The van der Waals surface area contributed by atoms with E-state index < -0.39 is 10.0 Å². The van der Waals surface area contributed by atoms with Crippen LogP contribution in [-0.2, 0) is 14.8 Å². The minimum atomic E-state index is -3.56. The van der Waals surface area contributed by atoms with Crippen molar-refractivity contribution in [3.8, 4) is 0 Å². The predicted octanol–water partition coefficient (Wildman–Crippen LogP) is 1.48. The molecule has 0 saturated heterocycles. The molecule has 0 atom stereocenters. The molecule has 2 heterocycles. The zero-order valence-corrected chi connectivity index (χ0v) is 12.5. The fourth-order valence-corrected chi connectivity index (χ4v) is 2.98. The quantitative estimate of drug-likeness (QED) is 0.840. The van der Waals surface area contributed by atoms with Gasteiger partial charge in [-0.15, -0.1) is 0 Å². The van der Waals surface area contributed by atoms with Crippen LogP contribution in [-0.4, -0.2) is 26.4 Å².